The summed E-state index contributed by atoms with van der Waals surface area (Å²) in [7, 11) is 0. The maximum atomic E-state index is 12.5. The van der Waals surface area contributed by atoms with E-state index in [0.29, 0.717) is 19.4 Å². The van der Waals surface area contributed by atoms with Crippen molar-refractivity contribution < 1.29 is 24.5 Å². The molecule has 77 heavy (non-hydrogen) atoms. The first-order chi connectivity index (χ1) is 38.0. The number of nitrogens with one attached hydrogen (secondary N) is 1. The summed E-state index contributed by atoms with van der Waals surface area (Å²) in [6.45, 7) is 4.90. The molecule has 0 fully saturated rings. The molecule has 0 aromatic rings. The molecule has 0 heterocycles. The minimum atomic E-state index is -0.847. The molecule has 0 saturated heterocycles. The van der Waals surface area contributed by atoms with Crippen LogP contribution in [0.3, 0.4) is 0 Å². The fourth-order valence-electron chi connectivity index (χ4n) is 10.5. The third kappa shape index (κ3) is 62.9. The number of unbranched alkanes of at least 4 members (excludes halogenated alkanes) is 47. The van der Waals surface area contributed by atoms with E-state index in [4.69, 9.17) is 4.74 Å². The molecule has 0 bridgehead atoms. The Bertz CT molecular complexity index is 1290. The van der Waals surface area contributed by atoms with E-state index in [2.05, 4.69) is 55.6 Å². The monoisotopic (exact) mass is 1080 g/mol. The molecule has 0 aliphatic heterocycles. The maximum Gasteiger partial charge on any atom is 0.305 e. The van der Waals surface area contributed by atoms with Crippen LogP contribution in [0.1, 0.15) is 367 Å². The van der Waals surface area contributed by atoms with Crippen LogP contribution in [0.5, 0.6) is 0 Å². The smallest absolute Gasteiger partial charge is 0.305 e. The quantitative estimate of drug-likeness (QED) is 0.0320. The first-order valence-corrected chi connectivity index (χ1v) is 34.4. The predicted octanol–water partition coefficient (Wildman–Crippen LogP) is 22.1. The highest BCUT2D eigenvalue weighted by Crippen LogP contribution is 2.18. The van der Waals surface area contributed by atoms with Crippen LogP contribution in [0, 0.1) is 0 Å². The average molecular weight is 1080 g/mol. The number of amides is 1. The van der Waals surface area contributed by atoms with E-state index in [1.54, 1.807) is 6.08 Å². The maximum absolute atomic E-state index is 12.5. The van der Waals surface area contributed by atoms with Crippen molar-refractivity contribution in [2.45, 2.75) is 379 Å². The Kier molecular flexibility index (Phi) is 64.5. The number of carbonyl (C=O) groups is 2. The number of aliphatic hydroxyl groups is 2. The number of carbonyl (C=O) groups excluding carboxylic acids is 2. The minimum absolute atomic E-state index is 0.00933. The van der Waals surface area contributed by atoms with Crippen LogP contribution in [-0.2, 0) is 14.3 Å². The van der Waals surface area contributed by atoms with Crippen LogP contribution < -0.4 is 5.32 Å². The number of aliphatic hydroxyl groups excluding tert-OH is 2. The summed E-state index contributed by atoms with van der Waals surface area (Å²) in [5, 5.41) is 23.2. The third-order valence-corrected chi connectivity index (χ3v) is 15.8. The van der Waals surface area contributed by atoms with Gasteiger partial charge in [0.1, 0.15) is 0 Å². The number of hydrogen-bond donors (Lipinski definition) is 3. The Hall–Kier alpha value is -2.18. The topological polar surface area (TPSA) is 95.9 Å². The molecule has 0 aromatic heterocycles. The molecule has 2 unspecified atom stereocenters. The van der Waals surface area contributed by atoms with Crippen LogP contribution in [0.4, 0.5) is 0 Å². The minimum Gasteiger partial charge on any atom is -0.466 e. The van der Waals surface area contributed by atoms with Crippen LogP contribution in [0.2, 0.25) is 0 Å². The van der Waals surface area contributed by atoms with Gasteiger partial charge in [0.05, 0.1) is 25.4 Å². The lowest BCUT2D eigenvalue weighted by Gasteiger charge is -2.20. The fraction of sp³-hybridized carbons (Fsp3) is 0.859. The third-order valence-electron chi connectivity index (χ3n) is 15.8. The van der Waals surface area contributed by atoms with E-state index in [-0.39, 0.29) is 18.5 Å². The standard InChI is InChI=1S/C71H133NO5/c1-3-5-7-9-11-13-15-17-19-21-29-33-37-41-45-49-53-57-61-65-71(76)77-66-62-58-54-50-46-42-38-34-31-28-26-24-22-23-25-27-30-32-36-40-44-48-52-56-60-64-70(75)72-68(67-73)69(74)63-59-55-51-47-43-39-35-20-18-16-14-12-10-8-6-4-2/h11,13,17,19,23,25,59,63,68-69,73-74H,3-10,12,14-16,18,20-22,24,26-58,60-62,64-67H2,1-2H3,(H,72,75)/b13-11-,19-17-,25-23-,63-59+. The zero-order valence-electron chi connectivity index (χ0n) is 51.7. The second-order valence-electron chi connectivity index (χ2n) is 23.5. The molecule has 0 rings (SSSR count). The van der Waals surface area contributed by atoms with Crippen molar-refractivity contribution >= 4 is 11.9 Å². The van der Waals surface area contributed by atoms with Crippen molar-refractivity contribution in [1.29, 1.82) is 0 Å². The Morgan fingerprint density at radius 3 is 1.03 bits per heavy atom. The average Bonchev–Trinajstić information content (AvgIpc) is 3.43. The van der Waals surface area contributed by atoms with Crippen LogP contribution in [-0.4, -0.2) is 47.4 Å². The van der Waals surface area contributed by atoms with Crippen molar-refractivity contribution in [2.24, 2.45) is 0 Å². The molecule has 1 amide bonds. The number of ether oxygens (including phenoxy) is 1. The summed E-state index contributed by atoms with van der Waals surface area (Å²) in [5.74, 6) is -0.0601. The normalized spacial score (nSPS) is 12.8. The summed E-state index contributed by atoms with van der Waals surface area (Å²) < 4.78 is 5.50. The zero-order chi connectivity index (χ0) is 55.7. The lowest BCUT2D eigenvalue weighted by molar-refractivity contribution is -0.143. The van der Waals surface area contributed by atoms with Crippen LogP contribution in [0.15, 0.2) is 48.6 Å². The van der Waals surface area contributed by atoms with Gasteiger partial charge >= 0.3 is 5.97 Å². The highest BCUT2D eigenvalue weighted by Gasteiger charge is 2.18. The van der Waals surface area contributed by atoms with Gasteiger partial charge in [-0.3, -0.25) is 9.59 Å². The Morgan fingerprint density at radius 1 is 0.364 bits per heavy atom. The first-order valence-electron chi connectivity index (χ1n) is 34.4. The van der Waals surface area contributed by atoms with Gasteiger partial charge in [-0.1, -0.05) is 313 Å². The molecule has 0 aliphatic rings. The van der Waals surface area contributed by atoms with Gasteiger partial charge in [0.2, 0.25) is 5.91 Å². The number of esters is 1. The first kappa shape index (κ1) is 74.8. The van der Waals surface area contributed by atoms with Crippen molar-refractivity contribution in [3.63, 3.8) is 0 Å². The van der Waals surface area contributed by atoms with Gasteiger partial charge in [0.15, 0.2) is 0 Å². The number of allylic oxidation sites excluding steroid dienone is 7. The van der Waals surface area contributed by atoms with E-state index in [1.165, 1.54) is 289 Å². The molecule has 0 aliphatic carbocycles. The summed E-state index contributed by atoms with van der Waals surface area (Å²) in [5.41, 5.74) is 0. The fourth-order valence-corrected chi connectivity index (χ4v) is 10.5. The molecular formula is C71H133NO5. The van der Waals surface area contributed by atoms with E-state index in [9.17, 15) is 19.8 Å². The Labute approximate surface area is 480 Å². The molecule has 3 N–H and O–H groups in total. The second kappa shape index (κ2) is 66.3. The van der Waals surface area contributed by atoms with Gasteiger partial charge in [0.25, 0.3) is 0 Å². The van der Waals surface area contributed by atoms with Crippen molar-refractivity contribution in [3.05, 3.63) is 48.6 Å². The lowest BCUT2D eigenvalue weighted by Crippen LogP contribution is -2.45. The van der Waals surface area contributed by atoms with E-state index in [0.717, 1.165) is 51.4 Å². The van der Waals surface area contributed by atoms with Gasteiger partial charge in [-0.15, -0.1) is 0 Å². The number of hydrogen-bond acceptors (Lipinski definition) is 5. The molecule has 452 valence electrons. The van der Waals surface area contributed by atoms with Gasteiger partial charge in [-0.25, -0.2) is 0 Å². The Balaban J connectivity index is 3.41. The van der Waals surface area contributed by atoms with Gasteiger partial charge in [0, 0.05) is 12.8 Å². The number of rotatable bonds is 64. The highest BCUT2D eigenvalue weighted by molar-refractivity contribution is 5.76. The molecule has 6 nitrogen and oxygen atoms in total. The highest BCUT2D eigenvalue weighted by atomic mass is 16.5. The summed E-state index contributed by atoms with van der Waals surface area (Å²) in [4.78, 5) is 24.6. The molecule has 2 atom stereocenters. The SMILES string of the molecule is CCCCC/C=C\C/C=C\CCCCCCCCCCCC(=O)OCCCCCCCCCCCCCC/C=C\CCCCCCCCCCCC(=O)NC(CO)C(O)/C=C/CCCCCCCCCCCCCCCC. The summed E-state index contributed by atoms with van der Waals surface area (Å²) in [6, 6.07) is -0.631. The van der Waals surface area contributed by atoms with E-state index in [1.807, 2.05) is 6.08 Å². The molecule has 0 spiro atoms. The molecule has 0 radical (unpaired) electrons. The predicted molar refractivity (Wildman–Crippen MR) is 338 cm³/mol. The second-order valence-corrected chi connectivity index (χ2v) is 23.5. The van der Waals surface area contributed by atoms with E-state index < -0.39 is 12.1 Å². The zero-order valence-corrected chi connectivity index (χ0v) is 51.7. The van der Waals surface area contributed by atoms with Gasteiger partial charge in [-0.2, -0.15) is 0 Å². The largest absolute Gasteiger partial charge is 0.466 e. The molecule has 0 aromatic carbocycles. The van der Waals surface area contributed by atoms with Crippen LogP contribution in [0.25, 0.3) is 0 Å². The van der Waals surface area contributed by atoms with Gasteiger partial charge < -0.3 is 20.3 Å². The molecular weight excluding hydrogens is 947 g/mol. The lowest BCUT2D eigenvalue weighted by atomic mass is 10.0. The molecule has 0 saturated carbocycles. The molecule has 6 heteroatoms. The van der Waals surface area contributed by atoms with Crippen molar-refractivity contribution in [3.8, 4) is 0 Å². The summed E-state index contributed by atoms with van der Waals surface area (Å²) in [6.07, 6.45) is 86.0. The Morgan fingerprint density at radius 2 is 0.649 bits per heavy atom. The van der Waals surface area contributed by atoms with E-state index >= 15 is 0 Å². The van der Waals surface area contributed by atoms with Crippen LogP contribution >= 0.6 is 0 Å². The van der Waals surface area contributed by atoms with Gasteiger partial charge in [-0.05, 0) is 89.9 Å². The summed E-state index contributed by atoms with van der Waals surface area (Å²) >= 11 is 0. The van der Waals surface area contributed by atoms with Crippen molar-refractivity contribution in [1.82, 2.24) is 5.32 Å². The van der Waals surface area contributed by atoms with Crippen molar-refractivity contribution in [2.75, 3.05) is 13.2 Å².